The van der Waals surface area contributed by atoms with E-state index in [2.05, 4.69) is 20.7 Å². The molecule has 0 spiro atoms. The number of benzene rings is 3. The highest BCUT2D eigenvalue weighted by atomic mass is 32.2. The number of hydrogen-bond donors (Lipinski definition) is 2. The minimum atomic E-state index is -0.265. The number of hydrazone groups is 1. The van der Waals surface area contributed by atoms with E-state index < -0.39 is 0 Å². The Kier molecular flexibility index (Phi) is 6.85. The van der Waals surface area contributed by atoms with Crippen molar-refractivity contribution in [2.75, 3.05) is 5.75 Å². The highest BCUT2D eigenvalue weighted by Crippen LogP contribution is 2.28. The molecule has 1 amide bonds. The highest BCUT2D eigenvalue weighted by molar-refractivity contribution is 7.99. The number of amides is 1. The molecule has 0 unspecified atom stereocenters. The van der Waals surface area contributed by atoms with E-state index >= 15 is 0 Å². The monoisotopic (exact) mass is 457 g/mol. The summed E-state index contributed by atoms with van der Waals surface area (Å²) in [5, 5.41) is 23.1. The molecular formula is C25H23N5O2S. The summed E-state index contributed by atoms with van der Waals surface area (Å²) >= 11 is 1.29. The number of rotatable bonds is 7. The molecule has 0 bridgehead atoms. The molecule has 0 saturated carbocycles. The summed E-state index contributed by atoms with van der Waals surface area (Å²) < 4.78 is 1.95. The smallest absolute Gasteiger partial charge is 0.250 e. The molecule has 33 heavy (non-hydrogen) atoms. The Bertz CT molecular complexity index is 1280. The molecule has 0 saturated heterocycles. The van der Waals surface area contributed by atoms with Crippen molar-refractivity contribution >= 4 is 23.4 Å². The Labute approximate surface area is 196 Å². The van der Waals surface area contributed by atoms with Crippen LogP contribution in [0.3, 0.4) is 0 Å². The first-order valence-corrected chi connectivity index (χ1v) is 11.3. The predicted octanol–water partition coefficient (Wildman–Crippen LogP) is 4.58. The first-order valence-electron chi connectivity index (χ1n) is 10.3. The van der Waals surface area contributed by atoms with Crippen LogP contribution in [0, 0.1) is 6.92 Å². The van der Waals surface area contributed by atoms with Gasteiger partial charge in [-0.25, -0.2) is 5.43 Å². The van der Waals surface area contributed by atoms with Gasteiger partial charge in [-0.2, -0.15) is 5.10 Å². The third kappa shape index (κ3) is 5.48. The van der Waals surface area contributed by atoms with Gasteiger partial charge >= 0.3 is 0 Å². The Morgan fingerprint density at radius 2 is 1.79 bits per heavy atom. The van der Waals surface area contributed by atoms with Crippen molar-refractivity contribution in [1.29, 1.82) is 0 Å². The topological polar surface area (TPSA) is 92.4 Å². The van der Waals surface area contributed by atoms with E-state index in [0.29, 0.717) is 16.7 Å². The van der Waals surface area contributed by atoms with Gasteiger partial charge in [-0.3, -0.25) is 9.36 Å². The number of aryl methyl sites for hydroxylation is 1. The maximum atomic E-state index is 12.4. The fraction of sp³-hybridized carbons (Fsp3) is 0.120. The van der Waals surface area contributed by atoms with E-state index in [4.69, 9.17) is 0 Å². The van der Waals surface area contributed by atoms with Crippen LogP contribution in [-0.4, -0.2) is 37.2 Å². The first-order chi connectivity index (χ1) is 16.0. The molecular weight excluding hydrogens is 434 g/mol. The van der Waals surface area contributed by atoms with Crippen molar-refractivity contribution in [1.82, 2.24) is 20.2 Å². The third-order valence-corrected chi connectivity index (χ3v) is 5.83. The minimum Gasteiger partial charge on any atom is -0.508 e. The van der Waals surface area contributed by atoms with Gasteiger partial charge in [0.05, 0.1) is 11.5 Å². The van der Waals surface area contributed by atoms with Gasteiger partial charge in [0, 0.05) is 16.8 Å². The highest BCUT2D eigenvalue weighted by Gasteiger charge is 2.17. The van der Waals surface area contributed by atoms with Crippen molar-refractivity contribution in [2.24, 2.45) is 5.10 Å². The van der Waals surface area contributed by atoms with Crippen LogP contribution in [0.5, 0.6) is 5.75 Å². The molecule has 0 aliphatic carbocycles. The molecule has 0 aliphatic heterocycles. The van der Waals surface area contributed by atoms with Crippen molar-refractivity contribution in [3.05, 3.63) is 90.0 Å². The molecule has 2 N–H and O–H groups in total. The summed E-state index contributed by atoms with van der Waals surface area (Å²) in [6.07, 6.45) is 0. The fourth-order valence-electron chi connectivity index (χ4n) is 3.17. The molecule has 1 heterocycles. The third-order valence-electron chi connectivity index (χ3n) is 4.90. The van der Waals surface area contributed by atoms with Crippen LogP contribution in [0.1, 0.15) is 18.1 Å². The molecule has 0 aliphatic rings. The summed E-state index contributed by atoms with van der Waals surface area (Å²) in [7, 11) is 0. The van der Waals surface area contributed by atoms with Crippen LogP contribution in [0.4, 0.5) is 0 Å². The molecule has 0 radical (unpaired) electrons. The van der Waals surface area contributed by atoms with Crippen LogP contribution in [0.25, 0.3) is 17.1 Å². The van der Waals surface area contributed by atoms with Gasteiger partial charge in [-0.15, -0.1) is 10.2 Å². The second-order valence-electron chi connectivity index (χ2n) is 7.41. The Morgan fingerprint density at radius 3 is 2.52 bits per heavy atom. The van der Waals surface area contributed by atoms with E-state index in [1.807, 2.05) is 72.2 Å². The lowest BCUT2D eigenvalue weighted by Gasteiger charge is -2.10. The number of thioether (sulfide) groups is 1. The zero-order chi connectivity index (χ0) is 23.2. The summed E-state index contributed by atoms with van der Waals surface area (Å²) in [4.78, 5) is 12.4. The number of carbonyl (C=O) groups is 1. The van der Waals surface area contributed by atoms with Crippen molar-refractivity contribution in [3.8, 4) is 22.8 Å². The maximum Gasteiger partial charge on any atom is 0.250 e. The SMILES string of the molecule is CC(=NNC(=O)CSc1nnc(-c2ccc(C)cc2)n1-c1ccccc1)c1cccc(O)c1. The van der Waals surface area contributed by atoms with Crippen LogP contribution in [-0.2, 0) is 4.79 Å². The second kappa shape index (κ2) is 10.1. The van der Waals surface area contributed by atoms with Crippen LogP contribution in [0.15, 0.2) is 89.1 Å². The Balaban J connectivity index is 1.51. The molecule has 1 aromatic heterocycles. The average Bonchev–Trinajstić information content (AvgIpc) is 3.26. The quantitative estimate of drug-likeness (QED) is 0.241. The summed E-state index contributed by atoms with van der Waals surface area (Å²) in [5.41, 5.74) is 6.91. The average molecular weight is 458 g/mol. The van der Waals surface area contributed by atoms with Gasteiger partial charge < -0.3 is 5.11 Å². The lowest BCUT2D eigenvalue weighted by atomic mass is 10.1. The molecule has 4 aromatic rings. The van der Waals surface area contributed by atoms with E-state index in [0.717, 1.165) is 22.4 Å². The van der Waals surface area contributed by atoms with Gasteiger partial charge in [-0.05, 0) is 38.1 Å². The summed E-state index contributed by atoms with van der Waals surface area (Å²) in [6, 6.07) is 24.6. The van der Waals surface area contributed by atoms with Crippen LogP contribution >= 0.6 is 11.8 Å². The first kappa shape index (κ1) is 22.3. The van der Waals surface area contributed by atoms with E-state index in [9.17, 15) is 9.90 Å². The number of phenols is 1. The molecule has 3 aromatic carbocycles. The van der Waals surface area contributed by atoms with Gasteiger partial charge in [0.1, 0.15) is 5.75 Å². The van der Waals surface area contributed by atoms with E-state index in [1.165, 1.54) is 11.8 Å². The number of para-hydroxylation sites is 1. The number of nitrogens with one attached hydrogen (secondary N) is 1. The van der Waals surface area contributed by atoms with Gasteiger partial charge in [0.25, 0.3) is 5.91 Å². The standard InChI is InChI=1S/C25H23N5O2S/c1-17-11-13-19(14-12-17)24-28-29-25(30(24)21-8-4-3-5-9-21)33-16-23(32)27-26-18(2)20-7-6-10-22(31)15-20/h3-15,31H,16H2,1-2H3,(H,27,32). The molecule has 0 atom stereocenters. The minimum absolute atomic E-state index is 0.121. The van der Waals surface area contributed by atoms with Gasteiger partial charge in [0.2, 0.25) is 0 Å². The lowest BCUT2D eigenvalue weighted by molar-refractivity contribution is -0.118. The molecule has 7 nitrogen and oxygen atoms in total. The summed E-state index contributed by atoms with van der Waals surface area (Å²) in [6.45, 7) is 3.80. The summed E-state index contributed by atoms with van der Waals surface area (Å²) in [5.74, 6) is 0.713. The van der Waals surface area contributed by atoms with Gasteiger partial charge in [0.15, 0.2) is 11.0 Å². The molecule has 4 rings (SSSR count). The van der Waals surface area contributed by atoms with Crippen molar-refractivity contribution in [2.45, 2.75) is 19.0 Å². The van der Waals surface area contributed by atoms with E-state index in [-0.39, 0.29) is 17.4 Å². The van der Waals surface area contributed by atoms with Gasteiger partial charge in [-0.1, -0.05) is 71.9 Å². The number of carbonyl (C=O) groups excluding carboxylic acids is 1. The van der Waals surface area contributed by atoms with E-state index in [1.54, 1.807) is 25.1 Å². The number of aromatic hydroxyl groups is 1. The predicted molar refractivity (Wildman–Crippen MR) is 131 cm³/mol. The lowest BCUT2D eigenvalue weighted by Crippen LogP contribution is -2.21. The Morgan fingerprint density at radius 1 is 1.03 bits per heavy atom. The van der Waals surface area contributed by atoms with Crippen molar-refractivity contribution in [3.63, 3.8) is 0 Å². The zero-order valence-electron chi connectivity index (χ0n) is 18.3. The number of hydrogen-bond acceptors (Lipinski definition) is 6. The maximum absolute atomic E-state index is 12.4. The van der Waals surface area contributed by atoms with Crippen LogP contribution < -0.4 is 5.43 Å². The zero-order valence-corrected chi connectivity index (χ0v) is 19.1. The number of nitrogens with zero attached hydrogens (tertiary/aromatic N) is 4. The number of phenolic OH excluding ortho intramolecular Hbond substituents is 1. The Hall–Kier alpha value is -3.91. The van der Waals surface area contributed by atoms with Crippen molar-refractivity contribution < 1.29 is 9.90 Å². The molecule has 0 fully saturated rings. The largest absolute Gasteiger partial charge is 0.508 e. The molecule has 8 heteroatoms. The number of aromatic nitrogens is 3. The second-order valence-corrected chi connectivity index (χ2v) is 8.36. The molecule has 166 valence electrons. The fourth-order valence-corrected chi connectivity index (χ4v) is 3.91. The van der Waals surface area contributed by atoms with Crippen LogP contribution in [0.2, 0.25) is 0 Å². The normalized spacial score (nSPS) is 11.4.